The highest BCUT2D eigenvalue weighted by Gasteiger charge is 2.37. The van der Waals surface area contributed by atoms with E-state index in [0.29, 0.717) is 17.2 Å². The molecular weight excluding hydrogens is 401 g/mol. The maximum Gasteiger partial charge on any atom is 0.417 e. The van der Waals surface area contributed by atoms with Crippen LogP contribution in [0.15, 0.2) is 57.8 Å². The van der Waals surface area contributed by atoms with E-state index in [9.17, 15) is 26.4 Å². The van der Waals surface area contributed by atoms with Gasteiger partial charge in [-0.25, -0.2) is 8.42 Å². The molecule has 1 heterocycles. The summed E-state index contributed by atoms with van der Waals surface area (Å²) in [5, 5.41) is 0.523. The first-order valence-corrected chi connectivity index (χ1v) is 9.17. The maximum absolute atomic E-state index is 13.0. The molecule has 0 saturated heterocycles. The molecule has 0 atom stereocenters. The summed E-state index contributed by atoms with van der Waals surface area (Å²) in [6.07, 6.45) is -4.88. The average Bonchev–Trinajstić information content (AvgIpc) is 3.10. The van der Waals surface area contributed by atoms with E-state index in [1.807, 2.05) is 5.43 Å². The molecule has 11 heteroatoms. The number of para-hydroxylation sites is 1. The molecule has 3 rings (SSSR count). The molecule has 0 radical (unpaired) electrons. The van der Waals surface area contributed by atoms with Crippen molar-refractivity contribution in [3.8, 4) is 5.75 Å². The third-order valence-electron chi connectivity index (χ3n) is 3.73. The lowest BCUT2D eigenvalue weighted by Crippen LogP contribution is -2.42. The minimum atomic E-state index is -4.88. The van der Waals surface area contributed by atoms with E-state index in [-0.39, 0.29) is 11.3 Å². The zero-order valence-electron chi connectivity index (χ0n) is 14.2. The van der Waals surface area contributed by atoms with Crippen molar-refractivity contribution < 1.29 is 35.5 Å². The van der Waals surface area contributed by atoms with Gasteiger partial charge in [-0.2, -0.15) is 13.2 Å². The van der Waals surface area contributed by atoms with E-state index in [0.717, 1.165) is 18.2 Å². The van der Waals surface area contributed by atoms with Gasteiger partial charge in [-0.3, -0.25) is 10.2 Å². The van der Waals surface area contributed by atoms with Crippen LogP contribution >= 0.6 is 0 Å². The average molecular weight is 414 g/mol. The Morgan fingerprint density at radius 3 is 2.50 bits per heavy atom. The lowest BCUT2D eigenvalue weighted by molar-refractivity contribution is -0.139. The predicted octanol–water partition coefficient (Wildman–Crippen LogP) is 3.08. The fourth-order valence-electron chi connectivity index (χ4n) is 2.47. The molecule has 0 aliphatic rings. The summed E-state index contributed by atoms with van der Waals surface area (Å²) in [6, 6.07) is 9.84. The van der Waals surface area contributed by atoms with Gasteiger partial charge in [0.2, 0.25) is 0 Å². The number of halogens is 3. The highest BCUT2D eigenvalue weighted by atomic mass is 32.2. The lowest BCUT2D eigenvalue weighted by atomic mass is 10.2. The monoisotopic (exact) mass is 414 g/mol. The van der Waals surface area contributed by atoms with Crippen molar-refractivity contribution in [3.05, 3.63) is 59.9 Å². The minimum Gasteiger partial charge on any atom is -0.493 e. The summed E-state index contributed by atoms with van der Waals surface area (Å²) < 4.78 is 74.0. The van der Waals surface area contributed by atoms with Crippen molar-refractivity contribution >= 4 is 26.9 Å². The summed E-state index contributed by atoms with van der Waals surface area (Å²) in [5.41, 5.74) is 0.744. The molecule has 7 nitrogen and oxygen atoms in total. The summed E-state index contributed by atoms with van der Waals surface area (Å²) in [5.74, 6) is -0.895. The van der Waals surface area contributed by atoms with Gasteiger partial charge in [0, 0.05) is 5.39 Å². The van der Waals surface area contributed by atoms with Gasteiger partial charge < -0.3 is 9.15 Å². The first-order chi connectivity index (χ1) is 13.1. The second-order valence-electron chi connectivity index (χ2n) is 5.54. The van der Waals surface area contributed by atoms with E-state index in [2.05, 4.69) is 0 Å². The second-order valence-corrected chi connectivity index (χ2v) is 7.19. The van der Waals surface area contributed by atoms with Gasteiger partial charge in [-0.1, -0.05) is 24.3 Å². The number of amides is 1. The van der Waals surface area contributed by atoms with Crippen LogP contribution in [0.4, 0.5) is 13.2 Å². The van der Waals surface area contributed by atoms with Crippen molar-refractivity contribution in [2.45, 2.75) is 11.1 Å². The van der Waals surface area contributed by atoms with E-state index in [1.54, 1.807) is 23.0 Å². The SMILES string of the molecule is COc1cccc2cc(C(=O)NNS(=O)(=O)c3ccccc3C(F)(F)F)oc12. The molecule has 2 N–H and O–H groups in total. The van der Waals surface area contributed by atoms with Gasteiger partial charge in [0.05, 0.1) is 17.6 Å². The van der Waals surface area contributed by atoms with Crippen molar-refractivity contribution in [3.63, 3.8) is 0 Å². The number of sulfonamides is 1. The number of nitrogens with one attached hydrogen (secondary N) is 2. The van der Waals surface area contributed by atoms with Gasteiger partial charge in [-0.15, -0.1) is 4.83 Å². The first-order valence-electron chi connectivity index (χ1n) is 7.68. The Bertz CT molecular complexity index is 1140. The summed E-state index contributed by atoms with van der Waals surface area (Å²) in [6.45, 7) is 0. The van der Waals surface area contributed by atoms with E-state index in [4.69, 9.17) is 9.15 Å². The summed E-state index contributed by atoms with van der Waals surface area (Å²) >= 11 is 0. The number of hydrogen-bond donors (Lipinski definition) is 2. The van der Waals surface area contributed by atoms with Crippen LogP contribution in [0.2, 0.25) is 0 Å². The quantitative estimate of drug-likeness (QED) is 0.626. The Morgan fingerprint density at radius 1 is 1.11 bits per heavy atom. The molecule has 0 saturated carbocycles. The van der Waals surface area contributed by atoms with Gasteiger partial charge >= 0.3 is 12.1 Å². The second kappa shape index (κ2) is 7.17. The fourth-order valence-corrected chi connectivity index (χ4v) is 3.54. The van der Waals surface area contributed by atoms with Gasteiger partial charge in [0.15, 0.2) is 17.1 Å². The molecule has 3 aromatic rings. The molecule has 0 aliphatic carbocycles. The highest BCUT2D eigenvalue weighted by Crippen LogP contribution is 2.33. The van der Waals surface area contributed by atoms with E-state index >= 15 is 0 Å². The first kappa shape index (κ1) is 19.7. The minimum absolute atomic E-state index is 0.258. The number of carbonyl (C=O) groups excluding carboxylic acids is 1. The molecule has 28 heavy (non-hydrogen) atoms. The highest BCUT2D eigenvalue weighted by molar-refractivity contribution is 7.89. The van der Waals surface area contributed by atoms with Gasteiger partial charge in [-0.05, 0) is 24.3 Å². The maximum atomic E-state index is 13.0. The summed E-state index contributed by atoms with van der Waals surface area (Å²) in [7, 11) is -3.28. The molecule has 0 unspecified atom stereocenters. The summed E-state index contributed by atoms with van der Waals surface area (Å²) in [4.78, 5) is 12.8. The van der Waals surface area contributed by atoms with Crippen molar-refractivity contribution in [2.24, 2.45) is 0 Å². The number of carbonyl (C=O) groups is 1. The molecule has 0 aliphatic heterocycles. The topological polar surface area (TPSA) is 97.6 Å². The number of rotatable bonds is 5. The largest absolute Gasteiger partial charge is 0.493 e. The van der Waals surface area contributed by atoms with Crippen LogP contribution in [-0.2, 0) is 16.2 Å². The Balaban J connectivity index is 1.83. The molecule has 2 aromatic carbocycles. The third kappa shape index (κ3) is 3.80. The number of furan rings is 1. The number of benzene rings is 2. The number of hydrogen-bond acceptors (Lipinski definition) is 5. The Kier molecular flexibility index (Phi) is 5.04. The van der Waals surface area contributed by atoms with Gasteiger partial charge in [0.1, 0.15) is 0 Å². The number of fused-ring (bicyclic) bond motifs is 1. The Morgan fingerprint density at radius 2 is 1.82 bits per heavy atom. The Labute approximate surface area is 157 Å². The van der Waals surface area contributed by atoms with E-state index in [1.165, 1.54) is 13.2 Å². The third-order valence-corrected chi connectivity index (χ3v) is 5.04. The zero-order chi connectivity index (χ0) is 20.5. The molecule has 0 bridgehead atoms. The van der Waals surface area contributed by atoms with Crippen molar-refractivity contribution in [1.29, 1.82) is 0 Å². The predicted molar refractivity (Wildman–Crippen MR) is 92.0 cm³/mol. The lowest BCUT2D eigenvalue weighted by Gasteiger charge is -2.13. The van der Waals surface area contributed by atoms with Crippen LogP contribution in [-0.4, -0.2) is 21.4 Å². The molecule has 0 spiro atoms. The number of hydrazine groups is 1. The van der Waals surface area contributed by atoms with Crippen LogP contribution in [0.1, 0.15) is 16.1 Å². The van der Waals surface area contributed by atoms with Crippen LogP contribution in [0.3, 0.4) is 0 Å². The normalized spacial score (nSPS) is 12.1. The van der Waals surface area contributed by atoms with Crippen molar-refractivity contribution in [1.82, 2.24) is 10.3 Å². The molecule has 1 amide bonds. The van der Waals surface area contributed by atoms with E-state index < -0.39 is 32.6 Å². The molecule has 148 valence electrons. The van der Waals surface area contributed by atoms with Crippen LogP contribution in [0.5, 0.6) is 5.75 Å². The number of alkyl halides is 3. The molecular formula is C17H13F3N2O5S. The number of methoxy groups -OCH3 is 1. The smallest absolute Gasteiger partial charge is 0.417 e. The van der Waals surface area contributed by atoms with Gasteiger partial charge in [0.25, 0.3) is 10.0 Å². The standard InChI is InChI=1S/C17H13F3N2O5S/c1-26-12-7-4-5-10-9-13(27-15(10)12)16(23)21-22-28(24,25)14-8-3-2-6-11(14)17(18,19)20/h2-9,22H,1H3,(H,21,23). The molecule has 1 aromatic heterocycles. The van der Waals surface area contributed by atoms with Crippen LogP contribution in [0.25, 0.3) is 11.0 Å². The molecule has 0 fully saturated rings. The van der Waals surface area contributed by atoms with Crippen LogP contribution in [0, 0.1) is 0 Å². The fraction of sp³-hybridized carbons (Fsp3) is 0.118. The number of ether oxygens (including phenoxy) is 1. The zero-order valence-corrected chi connectivity index (χ0v) is 15.0. The Hall–Kier alpha value is -3.05. The van der Waals surface area contributed by atoms with Crippen LogP contribution < -0.4 is 15.0 Å². The van der Waals surface area contributed by atoms with Crippen molar-refractivity contribution in [2.75, 3.05) is 7.11 Å².